The van der Waals surface area contributed by atoms with E-state index in [1.54, 1.807) is 17.8 Å². The van der Waals surface area contributed by atoms with Crippen LogP contribution in [0.15, 0.2) is 53.8 Å². The molecule has 1 aliphatic carbocycles. The average molecular weight is 622 g/mol. The second-order valence-electron chi connectivity index (χ2n) is 11.9. The Morgan fingerprint density at radius 2 is 1.86 bits per heavy atom. The number of nitrogens with zero attached hydrogens (tertiary/aromatic N) is 4. The predicted octanol–water partition coefficient (Wildman–Crippen LogP) is 6.79. The molecule has 0 spiro atoms. The minimum atomic E-state index is -0.556. The molecule has 44 heavy (non-hydrogen) atoms. The van der Waals surface area contributed by atoms with Crippen molar-refractivity contribution < 1.29 is 18.7 Å². The fraction of sp³-hybridized carbons (Fsp3) is 0.375. The first-order chi connectivity index (χ1) is 20.9. The van der Waals surface area contributed by atoms with Gasteiger partial charge < -0.3 is 25.8 Å². The van der Waals surface area contributed by atoms with E-state index in [0.717, 1.165) is 53.7 Å². The molecule has 5 rings (SSSR count). The number of benzene rings is 1. The van der Waals surface area contributed by atoms with E-state index in [9.17, 15) is 9.18 Å². The fourth-order valence-corrected chi connectivity index (χ4v) is 5.49. The number of anilines is 1. The first-order valence-electron chi connectivity index (χ1n) is 14.5. The Kier molecular flexibility index (Phi) is 8.96. The Hall–Kier alpha value is -4.38. The topological polar surface area (TPSA) is 128 Å². The lowest BCUT2D eigenvalue weighted by Crippen LogP contribution is -2.42. The Bertz CT molecular complexity index is 1710. The van der Waals surface area contributed by atoms with Gasteiger partial charge in [-0.15, -0.1) is 0 Å². The SMILES string of the molecule is COc1ccc(-c2cc3c(N[C@H]4CC[C@H](NC(=O)OC(C)(C)C)CC4)c(C(N)=Nc4cc(F)ccc4Cl)cnn3c2)c(C)n1. The summed E-state index contributed by atoms with van der Waals surface area (Å²) in [5.41, 5.74) is 10.9. The average Bonchev–Trinajstić information content (AvgIpc) is 3.39. The van der Waals surface area contributed by atoms with Gasteiger partial charge in [0.1, 0.15) is 17.3 Å². The zero-order valence-electron chi connectivity index (χ0n) is 25.4. The third kappa shape index (κ3) is 7.21. The number of carbonyl (C=O) groups excluding carboxylic acids is 1. The van der Waals surface area contributed by atoms with E-state index in [0.29, 0.717) is 11.4 Å². The van der Waals surface area contributed by atoms with Crippen LogP contribution in [-0.2, 0) is 4.74 Å². The van der Waals surface area contributed by atoms with Crippen molar-refractivity contribution in [2.75, 3.05) is 12.4 Å². The summed E-state index contributed by atoms with van der Waals surface area (Å²) in [6.07, 6.45) is 6.32. The van der Waals surface area contributed by atoms with E-state index in [4.69, 9.17) is 26.8 Å². The summed E-state index contributed by atoms with van der Waals surface area (Å²) in [7, 11) is 1.58. The van der Waals surface area contributed by atoms with Gasteiger partial charge in [-0.1, -0.05) is 11.6 Å². The Morgan fingerprint density at radius 3 is 2.55 bits per heavy atom. The lowest BCUT2D eigenvalue weighted by atomic mass is 9.91. The van der Waals surface area contributed by atoms with Crippen molar-refractivity contribution in [3.63, 3.8) is 0 Å². The number of amides is 1. The third-order valence-corrected chi connectivity index (χ3v) is 7.76. The summed E-state index contributed by atoms with van der Waals surface area (Å²) < 4.78 is 26.5. The molecule has 0 bridgehead atoms. The molecule has 0 unspecified atom stereocenters. The summed E-state index contributed by atoms with van der Waals surface area (Å²) in [6, 6.07) is 9.86. The number of amidine groups is 1. The van der Waals surface area contributed by atoms with E-state index < -0.39 is 17.5 Å². The van der Waals surface area contributed by atoms with Crippen molar-refractivity contribution in [1.82, 2.24) is 19.9 Å². The monoisotopic (exact) mass is 621 g/mol. The quantitative estimate of drug-likeness (QED) is 0.153. The van der Waals surface area contributed by atoms with Crippen molar-refractivity contribution in [1.29, 1.82) is 0 Å². The van der Waals surface area contributed by atoms with Crippen LogP contribution in [0.25, 0.3) is 16.6 Å². The second-order valence-corrected chi connectivity index (χ2v) is 12.3. The van der Waals surface area contributed by atoms with Crippen LogP contribution in [0.4, 0.5) is 20.6 Å². The summed E-state index contributed by atoms with van der Waals surface area (Å²) in [6.45, 7) is 7.46. The number of pyridine rings is 1. The van der Waals surface area contributed by atoms with Crippen LogP contribution in [-0.4, -0.2) is 51.3 Å². The van der Waals surface area contributed by atoms with Gasteiger partial charge in [0.25, 0.3) is 0 Å². The second kappa shape index (κ2) is 12.7. The maximum atomic E-state index is 14.0. The van der Waals surface area contributed by atoms with Crippen molar-refractivity contribution in [3.8, 4) is 17.0 Å². The highest BCUT2D eigenvalue weighted by Crippen LogP contribution is 2.34. The van der Waals surface area contributed by atoms with Crippen LogP contribution in [0.2, 0.25) is 5.02 Å². The normalized spacial score (nSPS) is 17.4. The number of halogens is 2. The van der Waals surface area contributed by atoms with E-state index in [-0.39, 0.29) is 28.6 Å². The molecule has 4 N–H and O–H groups in total. The summed E-state index contributed by atoms with van der Waals surface area (Å²) in [5, 5.41) is 11.6. The molecule has 0 saturated heterocycles. The van der Waals surface area contributed by atoms with Gasteiger partial charge in [-0.25, -0.2) is 23.7 Å². The number of aryl methyl sites for hydroxylation is 1. The first-order valence-corrected chi connectivity index (χ1v) is 14.9. The Labute approximate surface area is 260 Å². The van der Waals surface area contributed by atoms with Crippen molar-refractivity contribution in [2.24, 2.45) is 10.7 Å². The zero-order chi connectivity index (χ0) is 31.6. The molecule has 0 aliphatic heterocycles. The van der Waals surface area contributed by atoms with E-state index in [1.807, 2.05) is 52.1 Å². The fourth-order valence-electron chi connectivity index (χ4n) is 5.33. The number of fused-ring (bicyclic) bond motifs is 1. The number of ether oxygens (including phenoxy) is 2. The van der Waals surface area contributed by atoms with Gasteiger partial charge in [0.2, 0.25) is 5.88 Å². The number of aromatic nitrogens is 3. The molecule has 1 aliphatic rings. The number of nitrogens with one attached hydrogen (secondary N) is 2. The van der Waals surface area contributed by atoms with Crippen LogP contribution >= 0.6 is 11.6 Å². The van der Waals surface area contributed by atoms with Gasteiger partial charge in [0.15, 0.2) is 0 Å². The number of hydrogen-bond donors (Lipinski definition) is 3. The number of carbonyl (C=O) groups is 1. The molecule has 0 radical (unpaired) electrons. The smallest absolute Gasteiger partial charge is 0.407 e. The Morgan fingerprint density at radius 1 is 1.14 bits per heavy atom. The molecule has 3 heterocycles. The largest absolute Gasteiger partial charge is 0.481 e. The third-order valence-electron chi connectivity index (χ3n) is 7.44. The predicted molar refractivity (Wildman–Crippen MR) is 171 cm³/mol. The summed E-state index contributed by atoms with van der Waals surface area (Å²) in [4.78, 5) is 21.3. The molecule has 1 saturated carbocycles. The number of rotatable bonds is 7. The standard InChI is InChI=1S/C32H37ClFN7O3/c1-18-23(11-13-28(37-18)43-5)19-14-27-29(38-21-7-9-22(10-8-21)39-31(42)44-32(2,3)4)24(16-36-41(27)17-19)30(35)40-26-15-20(34)6-12-25(26)33/h6,11-17,21-22,38H,7-10H2,1-5H3,(H2,35,40)(H,39,42)/t21-,22-. The number of aliphatic imine (C=N–C) groups is 1. The summed E-state index contributed by atoms with van der Waals surface area (Å²) in [5.74, 6) is 0.208. The van der Waals surface area contributed by atoms with Crippen molar-refractivity contribution in [2.45, 2.75) is 71.1 Å². The van der Waals surface area contributed by atoms with Crippen LogP contribution < -0.4 is 21.1 Å². The van der Waals surface area contributed by atoms with Gasteiger partial charge in [-0.05, 0) is 77.6 Å². The zero-order valence-corrected chi connectivity index (χ0v) is 26.2. The number of alkyl carbamates (subject to hydrolysis) is 1. The molecule has 1 fully saturated rings. The molecule has 1 amide bonds. The van der Waals surface area contributed by atoms with Crippen LogP contribution in [0.1, 0.15) is 57.7 Å². The van der Waals surface area contributed by atoms with E-state index in [1.165, 1.54) is 18.2 Å². The number of hydrogen-bond acceptors (Lipinski definition) is 7. The molecule has 4 aromatic rings. The molecular formula is C32H37ClFN7O3. The van der Waals surface area contributed by atoms with Gasteiger partial charge >= 0.3 is 6.09 Å². The molecule has 12 heteroatoms. The highest BCUT2D eigenvalue weighted by molar-refractivity contribution is 6.33. The number of methoxy groups -OCH3 is 1. The lowest BCUT2D eigenvalue weighted by Gasteiger charge is -2.31. The highest BCUT2D eigenvalue weighted by Gasteiger charge is 2.26. The van der Waals surface area contributed by atoms with Crippen LogP contribution in [0, 0.1) is 12.7 Å². The van der Waals surface area contributed by atoms with Crippen LogP contribution in [0.3, 0.4) is 0 Å². The number of nitrogens with two attached hydrogens (primary N) is 1. The molecular weight excluding hydrogens is 585 g/mol. The molecule has 1 aromatic carbocycles. The molecule has 0 atom stereocenters. The van der Waals surface area contributed by atoms with Gasteiger partial charge in [-0.3, -0.25) is 0 Å². The highest BCUT2D eigenvalue weighted by atomic mass is 35.5. The minimum Gasteiger partial charge on any atom is -0.481 e. The first kappa shape index (κ1) is 31.1. The van der Waals surface area contributed by atoms with Crippen LogP contribution in [0.5, 0.6) is 5.88 Å². The van der Waals surface area contributed by atoms with Gasteiger partial charge in [0, 0.05) is 47.2 Å². The maximum Gasteiger partial charge on any atom is 0.407 e. The van der Waals surface area contributed by atoms with Gasteiger partial charge in [0.05, 0.1) is 40.8 Å². The maximum absolute atomic E-state index is 14.0. The van der Waals surface area contributed by atoms with Crippen molar-refractivity contribution >= 4 is 40.4 Å². The Balaban J connectivity index is 1.47. The molecule has 3 aromatic heterocycles. The minimum absolute atomic E-state index is 0.0204. The molecule has 232 valence electrons. The van der Waals surface area contributed by atoms with E-state index >= 15 is 0 Å². The summed E-state index contributed by atoms with van der Waals surface area (Å²) >= 11 is 6.29. The van der Waals surface area contributed by atoms with Crippen molar-refractivity contribution in [3.05, 3.63) is 70.9 Å². The van der Waals surface area contributed by atoms with Gasteiger partial charge in [-0.2, -0.15) is 5.10 Å². The van der Waals surface area contributed by atoms with E-state index in [2.05, 4.69) is 25.7 Å². The lowest BCUT2D eigenvalue weighted by molar-refractivity contribution is 0.0492. The molecule has 10 nitrogen and oxygen atoms in total.